The summed E-state index contributed by atoms with van der Waals surface area (Å²) in [6, 6.07) is 13.5. The van der Waals surface area contributed by atoms with Crippen LogP contribution in [0.3, 0.4) is 0 Å². The van der Waals surface area contributed by atoms with Crippen LogP contribution in [0.1, 0.15) is 36.4 Å². The van der Waals surface area contributed by atoms with Crippen LogP contribution in [0.5, 0.6) is 11.5 Å². The number of para-hydroxylation sites is 1. The predicted octanol–water partition coefficient (Wildman–Crippen LogP) is 4.01. The number of fused-ring (bicyclic) bond motifs is 4. The second kappa shape index (κ2) is 6.14. The second-order valence-corrected chi connectivity index (χ2v) is 8.10. The number of hydrogen-bond donors (Lipinski definition) is 1. The van der Waals surface area contributed by atoms with Gasteiger partial charge in [0.2, 0.25) is 5.72 Å². The number of rotatable bonds is 1. The predicted molar refractivity (Wildman–Crippen MR) is 105 cm³/mol. The summed E-state index contributed by atoms with van der Waals surface area (Å²) in [4.78, 5) is 2.33. The zero-order valence-corrected chi connectivity index (χ0v) is 16.0. The molecule has 0 aromatic heterocycles. The largest absolute Gasteiger partial charge is 0.507 e. The monoisotopic (exact) mass is 383 g/mol. The molecule has 0 radical (unpaired) electrons. The summed E-state index contributed by atoms with van der Waals surface area (Å²) in [5.74, 6) is 1.17. The van der Waals surface area contributed by atoms with Crippen molar-refractivity contribution in [1.82, 2.24) is 9.91 Å². The molecule has 0 saturated carbocycles. The van der Waals surface area contributed by atoms with Crippen molar-refractivity contribution in [2.45, 2.75) is 31.0 Å². The summed E-state index contributed by atoms with van der Waals surface area (Å²) in [5.41, 5.74) is 2.29. The van der Waals surface area contributed by atoms with Gasteiger partial charge >= 0.3 is 0 Å². The molecule has 0 amide bonds. The highest BCUT2D eigenvalue weighted by Crippen LogP contribution is 2.50. The number of aromatic hydroxyl groups is 1. The van der Waals surface area contributed by atoms with Gasteiger partial charge in [0.1, 0.15) is 11.5 Å². The van der Waals surface area contributed by atoms with E-state index in [0.717, 1.165) is 49.4 Å². The lowest BCUT2D eigenvalue weighted by atomic mass is 9.91. The fraction of sp³-hybridized carbons (Fsp3) is 0.381. The van der Waals surface area contributed by atoms with Crippen LogP contribution in [-0.2, 0) is 0 Å². The van der Waals surface area contributed by atoms with Crippen LogP contribution in [-0.4, -0.2) is 46.6 Å². The quantitative estimate of drug-likeness (QED) is 0.808. The van der Waals surface area contributed by atoms with Gasteiger partial charge < -0.3 is 14.7 Å². The zero-order chi connectivity index (χ0) is 18.6. The summed E-state index contributed by atoms with van der Waals surface area (Å²) >= 11 is 6.18. The molecule has 1 atom stereocenters. The van der Waals surface area contributed by atoms with Crippen molar-refractivity contribution in [1.29, 1.82) is 0 Å². The van der Waals surface area contributed by atoms with Gasteiger partial charge in [-0.25, -0.2) is 5.01 Å². The van der Waals surface area contributed by atoms with Crippen molar-refractivity contribution >= 4 is 17.3 Å². The van der Waals surface area contributed by atoms with Crippen molar-refractivity contribution in [3.05, 3.63) is 58.6 Å². The van der Waals surface area contributed by atoms with Gasteiger partial charge in [-0.1, -0.05) is 29.8 Å². The molecule has 1 spiro atoms. The van der Waals surface area contributed by atoms with Crippen LogP contribution >= 0.6 is 11.6 Å². The fourth-order valence-electron chi connectivity index (χ4n) is 4.43. The van der Waals surface area contributed by atoms with Crippen LogP contribution < -0.4 is 4.74 Å². The van der Waals surface area contributed by atoms with Gasteiger partial charge in [0.05, 0.1) is 11.8 Å². The number of likely N-dealkylation sites (tertiary alicyclic amines) is 1. The van der Waals surface area contributed by atoms with Crippen molar-refractivity contribution in [3.8, 4) is 11.5 Å². The highest BCUT2D eigenvalue weighted by molar-refractivity contribution is 6.31. The third kappa shape index (κ3) is 2.68. The molecular weight excluding hydrogens is 362 g/mol. The Morgan fingerprint density at radius 1 is 1.19 bits per heavy atom. The van der Waals surface area contributed by atoms with Gasteiger partial charge in [-0.15, -0.1) is 0 Å². The Bertz CT molecular complexity index is 921. The minimum Gasteiger partial charge on any atom is -0.507 e. The van der Waals surface area contributed by atoms with Crippen molar-refractivity contribution in [3.63, 3.8) is 0 Å². The highest BCUT2D eigenvalue weighted by Gasteiger charge is 2.51. The Hall–Kier alpha value is -2.24. The van der Waals surface area contributed by atoms with Crippen LogP contribution in [0.15, 0.2) is 47.6 Å². The van der Waals surface area contributed by atoms with Gasteiger partial charge in [-0.3, -0.25) is 0 Å². The van der Waals surface area contributed by atoms with E-state index in [0.29, 0.717) is 10.6 Å². The van der Waals surface area contributed by atoms with E-state index in [-0.39, 0.29) is 11.8 Å². The van der Waals surface area contributed by atoms with Crippen LogP contribution in [0.2, 0.25) is 5.02 Å². The van der Waals surface area contributed by atoms with Gasteiger partial charge in [-0.05, 0) is 31.3 Å². The molecule has 5 nitrogen and oxygen atoms in total. The summed E-state index contributed by atoms with van der Waals surface area (Å²) < 4.78 is 6.56. The first-order chi connectivity index (χ1) is 13.1. The molecule has 0 aliphatic carbocycles. The molecule has 2 aromatic carbocycles. The maximum absolute atomic E-state index is 10.4. The summed E-state index contributed by atoms with van der Waals surface area (Å²) in [5, 5.41) is 18.1. The molecule has 2 aromatic rings. The molecule has 1 saturated heterocycles. The van der Waals surface area contributed by atoms with Gasteiger partial charge in [0, 0.05) is 48.5 Å². The molecule has 1 fully saturated rings. The van der Waals surface area contributed by atoms with E-state index in [1.165, 1.54) is 0 Å². The van der Waals surface area contributed by atoms with E-state index in [4.69, 9.17) is 21.4 Å². The Morgan fingerprint density at radius 3 is 2.78 bits per heavy atom. The number of phenolic OH excluding ortho intramolecular Hbond substituents is 1. The molecular formula is C21H22ClN3O2. The zero-order valence-electron chi connectivity index (χ0n) is 15.2. The molecule has 0 bridgehead atoms. The average Bonchev–Trinajstić information content (AvgIpc) is 3.13. The first-order valence-corrected chi connectivity index (χ1v) is 9.76. The molecule has 1 N–H and O–H groups in total. The third-order valence-electron chi connectivity index (χ3n) is 5.94. The van der Waals surface area contributed by atoms with Crippen molar-refractivity contribution in [2.75, 3.05) is 20.1 Å². The Balaban J connectivity index is 1.60. The third-order valence-corrected chi connectivity index (χ3v) is 6.18. The van der Waals surface area contributed by atoms with Crippen molar-refractivity contribution in [2.24, 2.45) is 5.10 Å². The minimum absolute atomic E-state index is 0.117. The van der Waals surface area contributed by atoms with E-state index in [9.17, 15) is 5.11 Å². The normalized spacial score (nSPS) is 23.6. The maximum Gasteiger partial charge on any atom is 0.200 e. The Labute approximate surface area is 163 Å². The van der Waals surface area contributed by atoms with Crippen LogP contribution in [0, 0.1) is 0 Å². The van der Waals surface area contributed by atoms with Gasteiger partial charge in [0.15, 0.2) is 0 Å². The van der Waals surface area contributed by atoms with E-state index in [2.05, 4.69) is 29.1 Å². The smallest absolute Gasteiger partial charge is 0.200 e. The molecule has 6 heteroatoms. The van der Waals surface area contributed by atoms with E-state index in [1.807, 2.05) is 12.1 Å². The highest BCUT2D eigenvalue weighted by atomic mass is 35.5. The number of phenols is 1. The topological polar surface area (TPSA) is 48.3 Å². The fourth-order valence-corrected chi connectivity index (χ4v) is 4.60. The van der Waals surface area contributed by atoms with Crippen LogP contribution in [0.25, 0.3) is 0 Å². The lowest BCUT2D eigenvalue weighted by Crippen LogP contribution is -2.58. The molecule has 5 rings (SSSR count). The SMILES string of the molecule is CN1CCC2(CC1)Oc1ccccc1[C@@H]1CC(c3cc(Cl)ccc3O)=NN12. The number of ether oxygens (including phenoxy) is 1. The lowest BCUT2D eigenvalue weighted by molar-refractivity contribution is -0.147. The number of piperidine rings is 1. The van der Waals surface area contributed by atoms with Crippen LogP contribution in [0.4, 0.5) is 0 Å². The van der Waals surface area contributed by atoms with Gasteiger partial charge in [0.25, 0.3) is 0 Å². The summed E-state index contributed by atoms with van der Waals surface area (Å²) in [6.07, 6.45) is 2.52. The van der Waals surface area contributed by atoms with E-state index >= 15 is 0 Å². The number of halogens is 1. The minimum atomic E-state index is -0.429. The molecule has 3 aliphatic heterocycles. The number of benzene rings is 2. The maximum atomic E-state index is 10.4. The number of hydrazone groups is 1. The standard InChI is InChI=1S/C21H22ClN3O2/c1-24-10-8-21(9-11-24)25-18(15-4-2-3-5-20(15)27-21)13-17(23-25)16-12-14(22)6-7-19(16)26/h2-7,12,18,26H,8-11,13H2,1H3/t18-/m0/s1. The Morgan fingerprint density at radius 2 is 1.96 bits per heavy atom. The van der Waals surface area contributed by atoms with Crippen molar-refractivity contribution < 1.29 is 9.84 Å². The number of nitrogens with zero attached hydrogens (tertiary/aromatic N) is 3. The molecule has 0 unspecified atom stereocenters. The lowest BCUT2D eigenvalue weighted by Gasteiger charge is -2.50. The summed E-state index contributed by atoms with van der Waals surface area (Å²) in [6.45, 7) is 1.94. The Kier molecular flexibility index (Phi) is 3.85. The van der Waals surface area contributed by atoms with Gasteiger partial charge in [-0.2, -0.15) is 5.10 Å². The molecule has 140 valence electrons. The van der Waals surface area contributed by atoms with E-state index in [1.54, 1.807) is 18.2 Å². The molecule has 27 heavy (non-hydrogen) atoms. The summed E-state index contributed by atoms with van der Waals surface area (Å²) in [7, 11) is 2.14. The molecule has 3 aliphatic rings. The van der Waals surface area contributed by atoms with E-state index < -0.39 is 5.72 Å². The molecule has 3 heterocycles. The first-order valence-electron chi connectivity index (χ1n) is 9.38. The average molecular weight is 384 g/mol. The second-order valence-electron chi connectivity index (χ2n) is 7.66. The first kappa shape index (κ1) is 16.9. The number of hydrogen-bond acceptors (Lipinski definition) is 5.